The Bertz CT molecular complexity index is 539. The molecule has 0 saturated heterocycles. The minimum atomic E-state index is -4.65. The highest BCUT2D eigenvalue weighted by atomic mass is 19.4. The Morgan fingerprint density at radius 3 is 2.67 bits per heavy atom. The first-order valence-electron chi connectivity index (χ1n) is 6.46. The van der Waals surface area contributed by atoms with Crippen LogP contribution in [0.25, 0.3) is 0 Å². The summed E-state index contributed by atoms with van der Waals surface area (Å²) >= 11 is 0. The molecule has 1 saturated carbocycles. The van der Waals surface area contributed by atoms with Crippen LogP contribution in [-0.4, -0.2) is 25.3 Å². The van der Waals surface area contributed by atoms with Crippen molar-refractivity contribution in [1.82, 2.24) is 5.32 Å². The number of aldehydes is 1. The van der Waals surface area contributed by atoms with Crippen molar-refractivity contribution in [1.29, 1.82) is 0 Å². The van der Waals surface area contributed by atoms with Crippen LogP contribution in [0.5, 0.6) is 5.75 Å². The van der Waals surface area contributed by atoms with Gasteiger partial charge in [0.2, 0.25) is 0 Å². The van der Waals surface area contributed by atoms with Gasteiger partial charge in [0.15, 0.2) is 6.61 Å². The predicted molar refractivity (Wildman–Crippen MR) is 68.1 cm³/mol. The van der Waals surface area contributed by atoms with Crippen molar-refractivity contribution in [3.05, 3.63) is 29.3 Å². The van der Waals surface area contributed by atoms with Gasteiger partial charge in [-0.05, 0) is 37.0 Å². The molecule has 4 nitrogen and oxygen atoms in total. The Kier molecular flexibility index (Phi) is 4.50. The largest absolute Gasteiger partial charge is 0.483 e. The van der Waals surface area contributed by atoms with Crippen molar-refractivity contribution < 1.29 is 27.5 Å². The minimum Gasteiger partial charge on any atom is -0.483 e. The van der Waals surface area contributed by atoms with Crippen molar-refractivity contribution in [3.8, 4) is 5.75 Å². The zero-order valence-corrected chi connectivity index (χ0v) is 11.1. The predicted octanol–water partition coefficient (Wildman–Crippen LogP) is 2.42. The summed E-state index contributed by atoms with van der Waals surface area (Å²) in [5, 5.41) is 2.59. The van der Waals surface area contributed by atoms with E-state index in [0.717, 1.165) is 18.9 Å². The minimum absolute atomic E-state index is 0.104. The van der Waals surface area contributed by atoms with E-state index in [1.54, 1.807) is 0 Å². The number of benzene rings is 1. The van der Waals surface area contributed by atoms with Gasteiger partial charge in [-0.15, -0.1) is 0 Å². The number of rotatable bonds is 6. The molecule has 1 aromatic carbocycles. The van der Waals surface area contributed by atoms with E-state index in [2.05, 4.69) is 5.32 Å². The molecule has 0 unspecified atom stereocenters. The highest BCUT2D eigenvalue weighted by molar-refractivity contribution is 5.78. The van der Waals surface area contributed by atoms with Crippen molar-refractivity contribution in [2.24, 2.45) is 5.92 Å². The molecule has 1 aliphatic carbocycles. The molecule has 2 rings (SSSR count). The van der Waals surface area contributed by atoms with Crippen LogP contribution in [0.4, 0.5) is 13.2 Å². The second kappa shape index (κ2) is 6.15. The van der Waals surface area contributed by atoms with E-state index in [1.807, 2.05) is 0 Å². The Hall–Kier alpha value is -2.05. The molecule has 0 spiro atoms. The molecule has 1 N–H and O–H groups in total. The van der Waals surface area contributed by atoms with Crippen LogP contribution >= 0.6 is 0 Å². The number of amides is 1. The number of nitrogens with one attached hydrogen (secondary N) is 1. The van der Waals surface area contributed by atoms with Crippen LogP contribution in [0, 0.1) is 5.92 Å². The number of carbonyl (C=O) groups excluding carboxylic acids is 2. The molecule has 0 aromatic heterocycles. The second-order valence-electron chi connectivity index (χ2n) is 4.91. The summed E-state index contributed by atoms with van der Waals surface area (Å²) in [7, 11) is 0. The summed E-state index contributed by atoms with van der Waals surface area (Å²) < 4.78 is 43.5. The fraction of sp³-hybridized carbons (Fsp3) is 0.429. The average Bonchev–Trinajstić information content (AvgIpc) is 3.26. The third-order valence-corrected chi connectivity index (χ3v) is 3.09. The van der Waals surface area contributed by atoms with Gasteiger partial charge < -0.3 is 10.1 Å². The maximum atomic E-state index is 12.9. The van der Waals surface area contributed by atoms with E-state index in [9.17, 15) is 22.8 Å². The molecule has 0 bridgehead atoms. The zero-order chi connectivity index (χ0) is 15.5. The summed E-state index contributed by atoms with van der Waals surface area (Å²) in [5.41, 5.74) is -1.17. The van der Waals surface area contributed by atoms with Crippen molar-refractivity contribution in [2.75, 3.05) is 13.2 Å². The van der Waals surface area contributed by atoms with Crippen molar-refractivity contribution in [3.63, 3.8) is 0 Å². The summed E-state index contributed by atoms with van der Waals surface area (Å²) in [4.78, 5) is 22.0. The first kappa shape index (κ1) is 15.3. The first-order valence-corrected chi connectivity index (χ1v) is 6.46. The fourth-order valence-corrected chi connectivity index (χ4v) is 1.74. The summed E-state index contributed by atoms with van der Waals surface area (Å²) in [6.07, 6.45) is -2.21. The molecule has 21 heavy (non-hydrogen) atoms. The Balaban J connectivity index is 2.00. The molecule has 0 radical (unpaired) electrons. The van der Waals surface area contributed by atoms with Gasteiger partial charge in [0.25, 0.3) is 5.91 Å². The van der Waals surface area contributed by atoms with Gasteiger partial charge in [0.05, 0.1) is 5.56 Å². The molecule has 114 valence electrons. The van der Waals surface area contributed by atoms with Crippen LogP contribution in [0.1, 0.15) is 28.8 Å². The van der Waals surface area contributed by atoms with Gasteiger partial charge in [-0.25, -0.2) is 0 Å². The van der Waals surface area contributed by atoms with E-state index in [-0.39, 0.29) is 5.56 Å². The SMILES string of the molecule is O=Cc1ccc(OCC(=O)NCC2CC2)c(C(F)(F)F)c1. The topological polar surface area (TPSA) is 55.4 Å². The van der Waals surface area contributed by atoms with Gasteiger partial charge in [-0.1, -0.05) is 0 Å². The number of halogens is 3. The van der Waals surface area contributed by atoms with Crippen LogP contribution in [0.2, 0.25) is 0 Å². The highest BCUT2D eigenvalue weighted by Gasteiger charge is 2.34. The summed E-state index contributed by atoms with van der Waals surface area (Å²) in [6.45, 7) is 0.0363. The molecule has 1 amide bonds. The number of ether oxygens (including phenoxy) is 1. The van der Waals surface area contributed by atoms with E-state index < -0.39 is 30.0 Å². The lowest BCUT2D eigenvalue weighted by Crippen LogP contribution is -2.30. The lowest BCUT2D eigenvalue weighted by Gasteiger charge is -2.14. The number of hydrogen-bond donors (Lipinski definition) is 1. The first-order chi connectivity index (χ1) is 9.90. The number of hydrogen-bond acceptors (Lipinski definition) is 3. The van der Waals surface area contributed by atoms with Crippen LogP contribution < -0.4 is 10.1 Å². The quantitative estimate of drug-likeness (QED) is 0.821. The van der Waals surface area contributed by atoms with E-state index >= 15 is 0 Å². The smallest absolute Gasteiger partial charge is 0.419 e. The zero-order valence-electron chi connectivity index (χ0n) is 11.1. The lowest BCUT2D eigenvalue weighted by atomic mass is 10.1. The Morgan fingerprint density at radius 2 is 2.10 bits per heavy atom. The monoisotopic (exact) mass is 301 g/mol. The third kappa shape index (κ3) is 4.47. The summed E-state index contributed by atoms with van der Waals surface area (Å²) in [5.74, 6) is -0.448. The lowest BCUT2D eigenvalue weighted by molar-refractivity contribution is -0.139. The molecule has 0 aliphatic heterocycles. The molecule has 0 heterocycles. The van der Waals surface area contributed by atoms with E-state index in [0.29, 0.717) is 24.8 Å². The molecule has 1 fully saturated rings. The Labute approximate surface area is 119 Å². The maximum absolute atomic E-state index is 12.9. The maximum Gasteiger partial charge on any atom is 0.419 e. The third-order valence-electron chi connectivity index (χ3n) is 3.09. The summed E-state index contributed by atoms with van der Waals surface area (Å²) in [6, 6.07) is 2.95. The van der Waals surface area contributed by atoms with Gasteiger partial charge >= 0.3 is 6.18 Å². The molecule has 7 heteroatoms. The van der Waals surface area contributed by atoms with E-state index in [4.69, 9.17) is 4.74 Å². The second-order valence-corrected chi connectivity index (χ2v) is 4.91. The van der Waals surface area contributed by atoms with E-state index in [1.165, 1.54) is 6.07 Å². The molecule has 1 aliphatic rings. The van der Waals surface area contributed by atoms with Gasteiger partial charge in [-0.2, -0.15) is 13.2 Å². The Morgan fingerprint density at radius 1 is 1.38 bits per heavy atom. The average molecular weight is 301 g/mol. The van der Waals surface area contributed by atoms with Crippen LogP contribution in [0.3, 0.4) is 0 Å². The molecule has 0 atom stereocenters. The van der Waals surface area contributed by atoms with Crippen LogP contribution in [-0.2, 0) is 11.0 Å². The molecule has 1 aromatic rings. The molecular weight excluding hydrogens is 287 g/mol. The molecular formula is C14H14F3NO3. The van der Waals surface area contributed by atoms with Crippen molar-refractivity contribution >= 4 is 12.2 Å². The highest BCUT2D eigenvalue weighted by Crippen LogP contribution is 2.36. The van der Waals surface area contributed by atoms with Gasteiger partial charge in [0.1, 0.15) is 12.0 Å². The normalized spacial score (nSPS) is 14.6. The number of alkyl halides is 3. The standard InChI is InChI=1S/C14H14F3NO3/c15-14(16,17)11-5-10(7-19)3-4-12(11)21-8-13(20)18-6-9-1-2-9/h3-5,7,9H,1-2,6,8H2,(H,18,20). The van der Waals surface area contributed by atoms with Gasteiger partial charge in [-0.3, -0.25) is 9.59 Å². The fourth-order valence-electron chi connectivity index (χ4n) is 1.74. The number of carbonyl (C=O) groups is 2. The van der Waals surface area contributed by atoms with Crippen LogP contribution in [0.15, 0.2) is 18.2 Å². The van der Waals surface area contributed by atoms with Gasteiger partial charge in [0, 0.05) is 12.1 Å². The van der Waals surface area contributed by atoms with Crippen molar-refractivity contribution in [2.45, 2.75) is 19.0 Å².